The van der Waals surface area contributed by atoms with Gasteiger partial charge in [-0.05, 0) is 20.8 Å². The molecule has 0 saturated carbocycles. The molecular weight excluding hydrogens is 230 g/mol. The van der Waals surface area contributed by atoms with Crippen molar-refractivity contribution in [2.75, 3.05) is 26.3 Å². The maximum absolute atomic E-state index is 12.2. The Labute approximate surface area is 96.8 Å². The number of nitrogens with zero attached hydrogens (tertiary/aromatic N) is 1. The zero-order chi connectivity index (χ0) is 12.0. The standard InChI is InChI=1S/C10H19NO4S/c1-9(2,3)16(12,13)11-5-4-10(8-11)14-6-7-15-10/h4-8H2,1-3H3. The second-order valence-corrected chi connectivity index (χ2v) is 8.00. The molecule has 0 aliphatic carbocycles. The minimum absolute atomic E-state index is 0.326. The molecule has 0 unspecified atom stereocenters. The van der Waals surface area contributed by atoms with E-state index in [4.69, 9.17) is 9.47 Å². The summed E-state index contributed by atoms with van der Waals surface area (Å²) in [4.78, 5) is 0. The zero-order valence-corrected chi connectivity index (χ0v) is 10.8. The Morgan fingerprint density at radius 1 is 1.19 bits per heavy atom. The van der Waals surface area contributed by atoms with E-state index in [0.717, 1.165) is 0 Å². The van der Waals surface area contributed by atoms with Crippen LogP contribution >= 0.6 is 0 Å². The maximum Gasteiger partial charge on any atom is 0.219 e. The third-order valence-electron chi connectivity index (χ3n) is 3.09. The second kappa shape index (κ2) is 3.66. The Hall–Kier alpha value is -0.170. The maximum atomic E-state index is 12.2. The molecule has 2 aliphatic heterocycles. The van der Waals surface area contributed by atoms with Gasteiger partial charge in [-0.2, -0.15) is 4.31 Å². The Kier molecular flexibility index (Phi) is 2.81. The zero-order valence-electron chi connectivity index (χ0n) is 10.0. The Morgan fingerprint density at radius 3 is 2.25 bits per heavy atom. The lowest BCUT2D eigenvalue weighted by atomic mass is 10.2. The number of hydrogen-bond donors (Lipinski definition) is 0. The van der Waals surface area contributed by atoms with Gasteiger partial charge in [0.25, 0.3) is 0 Å². The summed E-state index contributed by atoms with van der Waals surface area (Å²) in [5.74, 6) is -0.668. The van der Waals surface area contributed by atoms with Gasteiger partial charge in [0.05, 0.1) is 24.5 Å². The molecule has 2 saturated heterocycles. The van der Waals surface area contributed by atoms with Crippen LogP contribution in [-0.2, 0) is 19.5 Å². The highest BCUT2D eigenvalue weighted by Crippen LogP contribution is 2.34. The Bertz CT molecular complexity index is 365. The van der Waals surface area contributed by atoms with Gasteiger partial charge in [0, 0.05) is 13.0 Å². The summed E-state index contributed by atoms with van der Waals surface area (Å²) < 4.78 is 36.2. The quantitative estimate of drug-likeness (QED) is 0.681. The van der Waals surface area contributed by atoms with Gasteiger partial charge in [0.15, 0.2) is 5.79 Å². The van der Waals surface area contributed by atoms with Crippen LogP contribution in [0.25, 0.3) is 0 Å². The summed E-state index contributed by atoms with van der Waals surface area (Å²) in [6.45, 7) is 7.07. The smallest absolute Gasteiger partial charge is 0.219 e. The molecule has 94 valence electrons. The molecule has 2 rings (SSSR count). The summed E-state index contributed by atoms with van der Waals surface area (Å²) >= 11 is 0. The summed E-state index contributed by atoms with van der Waals surface area (Å²) in [6, 6.07) is 0. The second-order valence-electron chi connectivity index (χ2n) is 5.31. The van der Waals surface area contributed by atoms with E-state index in [1.165, 1.54) is 4.31 Å². The monoisotopic (exact) mass is 249 g/mol. The van der Waals surface area contributed by atoms with Crippen molar-refractivity contribution in [1.82, 2.24) is 4.31 Å². The van der Waals surface area contributed by atoms with Gasteiger partial charge in [-0.15, -0.1) is 0 Å². The van der Waals surface area contributed by atoms with Crippen molar-refractivity contribution in [1.29, 1.82) is 0 Å². The van der Waals surface area contributed by atoms with E-state index >= 15 is 0 Å². The molecule has 0 bridgehead atoms. The molecule has 2 aliphatic rings. The highest BCUT2D eigenvalue weighted by molar-refractivity contribution is 7.90. The van der Waals surface area contributed by atoms with Crippen LogP contribution in [0.4, 0.5) is 0 Å². The van der Waals surface area contributed by atoms with E-state index in [-0.39, 0.29) is 0 Å². The SMILES string of the molecule is CC(C)(C)S(=O)(=O)N1CCC2(C1)OCCO2. The topological polar surface area (TPSA) is 55.8 Å². The van der Waals surface area contributed by atoms with Crippen molar-refractivity contribution >= 4 is 10.0 Å². The summed E-state index contributed by atoms with van der Waals surface area (Å²) in [6.07, 6.45) is 0.627. The first-order valence-corrected chi connectivity index (χ1v) is 6.99. The Balaban J connectivity index is 2.15. The molecule has 5 nitrogen and oxygen atoms in total. The summed E-state index contributed by atoms with van der Waals surface area (Å²) in [7, 11) is -3.27. The molecule has 0 N–H and O–H groups in total. The third kappa shape index (κ3) is 1.88. The predicted octanol–water partition coefficient (Wildman–Crippen LogP) is 0.563. The van der Waals surface area contributed by atoms with E-state index in [9.17, 15) is 8.42 Å². The molecular formula is C10H19NO4S. The van der Waals surface area contributed by atoms with Crippen LogP contribution in [0.1, 0.15) is 27.2 Å². The van der Waals surface area contributed by atoms with Crippen molar-refractivity contribution in [3.63, 3.8) is 0 Å². The van der Waals surface area contributed by atoms with E-state index < -0.39 is 20.6 Å². The molecule has 0 amide bonds. The fourth-order valence-electron chi connectivity index (χ4n) is 2.05. The lowest BCUT2D eigenvalue weighted by molar-refractivity contribution is -0.142. The molecule has 0 aromatic heterocycles. The first kappa shape index (κ1) is 12.3. The van der Waals surface area contributed by atoms with Crippen molar-refractivity contribution in [2.24, 2.45) is 0 Å². The average molecular weight is 249 g/mol. The number of sulfonamides is 1. The van der Waals surface area contributed by atoms with Crippen LogP contribution in [0.2, 0.25) is 0 Å². The van der Waals surface area contributed by atoms with Crippen molar-refractivity contribution in [3.05, 3.63) is 0 Å². The molecule has 0 aromatic rings. The van der Waals surface area contributed by atoms with Gasteiger partial charge in [-0.1, -0.05) is 0 Å². The van der Waals surface area contributed by atoms with Crippen LogP contribution in [0.3, 0.4) is 0 Å². The molecule has 2 fully saturated rings. The first-order valence-electron chi connectivity index (χ1n) is 5.55. The van der Waals surface area contributed by atoms with Gasteiger partial charge in [-0.3, -0.25) is 0 Å². The molecule has 0 radical (unpaired) electrons. The molecule has 16 heavy (non-hydrogen) atoms. The van der Waals surface area contributed by atoms with Crippen molar-refractivity contribution < 1.29 is 17.9 Å². The van der Waals surface area contributed by atoms with E-state index in [1.807, 2.05) is 0 Å². The van der Waals surface area contributed by atoms with Crippen LogP contribution in [0, 0.1) is 0 Å². The first-order chi connectivity index (χ1) is 7.27. The van der Waals surface area contributed by atoms with Gasteiger partial charge in [0.1, 0.15) is 0 Å². The Morgan fingerprint density at radius 2 is 1.75 bits per heavy atom. The normalized spacial score (nSPS) is 26.7. The molecule has 0 aromatic carbocycles. The average Bonchev–Trinajstić information content (AvgIpc) is 2.75. The minimum Gasteiger partial charge on any atom is -0.346 e. The van der Waals surface area contributed by atoms with Crippen LogP contribution in [-0.4, -0.2) is 49.6 Å². The molecule has 2 heterocycles. The van der Waals surface area contributed by atoms with Gasteiger partial charge in [-0.25, -0.2) is 8.42 Å². The van der Waals surface area contributed by atoms with Gasteiger partial charge < -0.3 is 9.47 Å². The van der Waals surface area contributed by atoms with Gasteiger partial charge in [0.2, 0.25) is 10.0 Å². The van der Waals surface area contributed by atoms with Crippen LogP contribution < -0.4 is 0 Å². The summed E-state index contributed by atoms with van der Waals surface area (Å²) in [5, 5.41) is 0. The lowest BCUT2D eigenvalue weighted by Crippen LogP contribution is -2.44. The fourth-order valence-corrected chi connectivity index (χ4v) is 3.52. The lowest BCUT2D eigenvalue weighted by Gasteiger charge is -2.28. The largest absolute Gasteiger partial charge is 0.346 e. The van der Waals surface area contributed by atoms with E-state index in [0.29, 0.717) is 32.7 Å². The predicted molar refractivity (Wildman–Crippen MR) is 59.5 cm³/mol. The molecule has 1 spiro atoms. The highest BCUT2D eigenvalue weighted by Gasteiger charge is 2.49. The van der Waals surface area contributed by atoms with Crippen LogP contribution in [0.15, 0.2) is 0 Å². The summed E-state index contributed by atoms with van der Waals surface area (Å²) in [5.41, 5.74) is 0. The van der Waals surface area contributed by atoms with E-state index in [2.05, 4.69) is 0 Å². The minimum atomic E-state index is -3.27. The number of hydrogen-bond acceptors (Lipinski definition) is 4. The van der Waals surface area contributed by atoms with E-state index in [1.54, 1.807) is 20.8 Å². The highest BCUT2D eigenvalue weighted by atomic mass is 32.2. The fraction of sp³-hybridized carbons (Fsp3) is 1.00. The molecule has 6 heteroatoms. The third-order valence-corrected chi connectivity index (χ3v) is 5.63. The van der Waals surface area contributed by atoms with Crippen molar-refractivity contribution in [3.8, 4) is 0 Å². The van der Waals surface area contributed by atoms with Crippen LogP contribution in [0.5, 0.6) is 0 Å². The van der Waals surface area contributed by atoms with Gasteiger partial charge >= 0.3 is 0 Å². The molecule has 0 atom stereocenters. The van der Waals surface area contributed by atoms with Crippen molar-refractivity contribution in [2.45, 2.75) is 37.7 Å². The number of rotatable bonds is 1. The number of ether oxygens (including phenoxy) is 2.